The minimum absolute atomic E-state index is 0.00729. The highest BCUT2D eigenvalue weighted by Gasteiger charge is 2.28. The maximum absolute atomic E-state index is 11.8. The smallest absolute Gasteiger partial charge is 0.229 e. The van der Waals surface area contributed by atoms with Gasteiger partial charge in [0.1, 0.15) is 0 Å². The fraction of sp³-hybridized carbons (Fsp3) is 0.895. The molecule has 1 fully saturated rings. The number of carbonyl (C=O) groups excluding carboxylic acids is 2. The third-order valence-electron chi connectivity index (χ3n) is 5.02. The first-order chi connectivity index (χ1) is 11.6. The number of imide groups is 1. The summed E-state index contributed by atoms with van der Waals surface area (Å²) in [7, 11) is 0. The van der Waals surface area contributed by atoms with Crippen molar-refractivity contribution in [2.75, 3.05) is 32.7 Å². The van der Waals surface area contributed by atoms with Crippen molar-refractivity contribution in [1.29, 1.82) is 0 Å². The van der Waals surface area contributed by atoms with Crippen molar-refractivity contribution in [2.45, 2.75) is 78.2 Å². The van der Waals surface area contributed by atoms with Crippen LogP contribution in [0.2, 0.25) is 0 Å². The van der Waals surface area contributed by atoms with E-state index < -0.39 is 0 Å². The van der Waals surface area contributed by atoms with Gasteiger partial charge >= 0.3 is 0 Å². The van der Waals surface area contributed by atoms with E-state index in [0.29, 0.717) is 25.4 Å². The molecule has 0 aromatic rings. The molecule has 0 aromatic heterocycles. The third-order valence-corrected chi connectivity index (χ3v) is 5.02. The van der Waals surface area contributed by atoms with Crippen molar-refractivity contribution < 1.29 is 9.59 Å². The fourth-order valence-corrected chi connectivity index (χ4v) is 3.29. The van der Waals surface area contributed by atoms with Crippen LogP contribution in [0.1, 0.15) is 72.1 Å². The molecule has 1 aliphatic heterocycles. The highest BCUT2D eigenvalue weighted by Crippen LogP contribution is 2.14. The first-order valence-electron chi connectivity index (χ1n) is 9.91. The molecule has 0 spiro atoms. The fourth-order valence-electron chi connectivity index (χ4n) is 3.29. The second kappa shape index (κ2) is 12.4. The summed E-state index contributed by atoms with van der Waals surface area (Å²) < 4.78 is 0. The van der Waals surface area contributed by atoms with E-state index in [-0.39, 0.29) is 11.8 Å². The first kappa shape index (κ1) is 21.1. The Labute approximate surface area is 148 Å². The molecular weight excluding hydrogens is 302 g/mol. The van der Waals surface area contributed by atoms with Crippen molar-refractivity contribution in [3.05, 3.63) is 0 Å². The van der Waals surface area contributed by atoms with E-state index in [9.17, 15) is 9.59 Å². The monoisotopic (exact) mass is 339 g/mol. The number of rotatable bonds is 14. The third kappa shape index (κ3) is 7.75. The van der Waals surface area contributed by atoms with E-state index >= 15 is 0 Å². The molecule has 1 rings (SSSR count). The van der Waals surface area contributed by atoms with Crippen LogP contribution in [-0.4, -0.2) is 60.4 Å². The molecule has 0 saturated carbocycles. The molecule has 2 amide bonds. The van der Waals surface area contributed by atoms with E-state index in [1.165, 1.54) is 30.6 Å². The number of unbranched alkanes of at least 4 members (excludes halogenated alkanes) is 3. The molecule has 1 saturated heterocycles. The van der Waals surface area contributed by atoms with Crippen LogP contribution in [0, 0.1) is 0 Å². The Morgan fingerprint density at radius 1 is 1.00 bits per heavy atom. The van der Waals surface area contributed by atoms with Crippen molar-refractivity contribution in [3.63, 3.8) is 0 Å². The highest BCUT2D eigenvalue weighted by molar-refractivity contribution is 6.01. The molecule has 1 atom stereocenters. The van der Waals surface area contributed by atoms with Crippen LogP contribution >= 0.6 is 0 Å². The number of hydrogen-bond donors (Lipinski definition) is 1. The Hall–Kier alpha value is -0.940. The molecule has 1 N–H and O–H groups in total. The van der Waals surface area contributed by atoms with Gasteiger partial charge in [-0.05, 0) is 25.9 Å². The van der Waals surface area contributed by atoms with Gasteiger partial charge in [0.15, 0.2) is 0 Å². The van der Waals surface area contributed by atoms with Gasteiger partial charge in [-0.25, -0.2) is 0 Å². The average Bonchev–Trinajstić information content (AvgIpc) is 2.91. The molecule has 0 aliphatic carbocycles. The van der Waals surface area contributed by atoms with Crippen molar-refractivity contribution >= 4 is 11.8 Å². The lowest BCUT2D eigenvalue weighted by molar-refractivity contribution is -0.138. The zero-order valence-electron chi connectivity index (χ0n) is 16.0. The van der Waals surface area contributed by atoms with Gasteiger partial charge in [0.2, 0.25) is 11.8 Å². The number of likely N-dealkylation sites (N-methyl/N-ethyl adjacent to an activating group) is 1. The lowest BCUT2D eigenvalue weighted by Crippen LogP contribution is -2.40. The topological polar surface area (TPSA) is 52.7 Å². The summed E-state index contributed by atoms with van der Waals surface area (Å²) in [5, 5.41) is 3.66. The van der Waals surface area contributed by atoms with E-state index in [1.807, 2.05) is 0 Å². The zero-order chi connectivity index (χ0) is 17.8. The summed E-state index contributed by atoms with van der Waals surface area (Å²) in [5.74, 6) is 0.0146. The van der Waals surface area contributed by atoms with E-state index in [2.05, 4.69) is 31.0 Å². The molecule has 0 bridgehead atoms. The highest BCUT2D eigenvalue weighted by atomic mass is 16.2. The second-order valence-corrected chi connectivity index (χ2v) is 6.76. The lowest BCUT2D eigenvalue weighted by Gasteiger charge is -2.24. The van der Waals surface area contributed by atoms with Crippen LogP contribution in [0.3, 0.4) is 0 Å². The Bertz CT molecular complexity index is 354. The quantitative estimate of drug-likeness (QED) is 0.390. The number of amides is 2. The van der Waals surface area contributed by atoms with Crippen LogP contribution in [0.5, 0.6) is 0 Å². The molecule has 0 radical (unpaired) electrons. The molecule has 5 heteroatoms. The molecular formula is C19H37N3O2. The van der Waals surface area contributed by atoms with Crippen LogP contribution in [0.4, 0.5) is 0 Å². The Morgan fingerprint density at radius 3 is 2.25 bits per heavy atom. The van der Waals surface area contributed by atoms with Crippen LogP contribution in [0.25, 0.3) is 0 Å². The molecule has 1 aliphatic rings. The van der Waals surface area contributed by atoms with Crippen molar-refractivity contribution in [3.8, 4) is 0 Å². The van der Waals surface area contributed by atoms with Gasteiger partial charge in [0, 0.05) is 38.5 Å². The SMILES string of the molecule is CCCCCCC(CCN1C(=O)CCC1=O)NCCN(CC)CC. The van der Waals surface area contributed by atoms with Gasteiger partial charge < -0.3 is 10.2 Å². The molecule has 0 aromatic carbocycles. The Balaban J connectivity index is 2.38. The number of nitrogens with one attached hydrogen (secondary N) is 1. The Kier molecular flexibility index (Phi) is 10.9. The largest absolute Gasteiger partial charge is 0.313 e. The number of carbonyl (C=O) groups is 2. The predicted molar refractivity (Wildman–Crippen MR) is 98.9 cm³/mol. The van der Waals surface area contributed by atoms with Crippen molar-refractivity contribution in [2.24, 2.45) is 0 Å². The summed E-state index contributed by atoms with van der Waals surface area (Å²) in [6, 6.07) is 0.401. The predicted octanol–water partition coefficient (Wildman–Crippen LogP) is 2.80. The maximum Gasteiger partial charge on any atom is 0.229 e. The van der Waals surface area contributed by atoms with Gasteiger partial charge in [0.25, 0.3) is 0 Å². The van der Waals surface area contributed by atoms with Gasteiger partial charge in [0.05, 0.1) is 0 Å². The number of hydrogen-bond acceptors (Lipinski definition) is 4. The van der Waals surface area contributed by atoms with Crippen LogP contribution in [-0.2, 0) is 9.59 Å². The Morgan fingerprint density at radius 2 is 1.67 bits per heavy atom. The summed E-state index contributed by atoms with van der Waals surface area (Å²) in [6.45, 7) is 11.4. The average molecular weight is 340 g/mol. The van der Waals surface area contributed by atoms with Gasteiger partial charge in [-0.3, -0.25) is 14.5 Å². The second-order valence-electron chi connectivity index (χ2n) is 6.76. The van der Waals surface area contributed by atoms with Crippen molar-refractivity contribution in [1.82, 2.24) is 15.1 Å². The van der Waals surface area contributed by atoms with E-state index in [0.717, 1.165) is 39.0 Å². The van der Waals surface area contributed by atoms with E-state index in [1.54, 1.807) is 0 Å². The summed E-state index contributed by atoms with van der Waals surface area (Å²) in [4.78, 5) is 27.4. The minimum atomic E-state index is 0.00729. The summed E-state index contributed by atoms with van der Waals surface area (Å²) in [6.07, 6.45) is 7.83. The standard InChI is InChI=1S/C19H37N3O2/c1-4-7-8-9-10-17(20-14-16-21(5-2)6-3)13-15-22-18(23)11-12-19(22)24/h17,20H,4-16H2,1-3H3. The summed E-state index contributed by atoms with van der Waals surface area (Å²) >= 11 is 0. The minimum Gasteiger partial charge on any atom is -0.313 e. The van der Waals surface area contributed by atoms with Gasteiger partial charge in [-0.15, -0.1) is 0 Å². The van der Waals surface area contributed by atoms with Crippen LogP contribution in [0.15, 0.2) is 0 Å². The van der Waals surface area contributed by atoms with Gasteiger partial charge in [-0.1, -0.05) is 46.5 Å². The number of nitrogens with zero attached hydrogens (tertiary/aromatic N) is 2. The lowest BCUT2D eigenvalue weighted by atomic mass is 10.0. The first-order valence-corrected chi connectivity index (χ1v) is 9.91. The molecule has 5 nitrogen and oxygen atoms in total. The molecule has 24 heavy (non-hydrogen) atoms. The summed E-state index contributed by atoms with van der Waals surface area (Å²) in [5.41, 5.74) is 0. The van der Waals surface area contributed by atoms with Gasteiger partial charge in [-0.2, -0.15) is 0 Å². The number of likely N-dealkylation sites (tertiary alicyclic amines) is 1. The molecule has 140 valence electrons. The van der Waals surface area contributed by atoms with Crippen LogP contribution < -0.4 is 5.32 Å². The normalized spacial score (nSPS) is 16.4. The molecule has 1 unspecified atom stereocenters. The van der Waals surface area contributed by atoms with E-state index in [4.69, 9.17) is 0 Å². The zero-order valence-corrected chi connectivity index (χ0v) is 16.0. The molecule has 1 heterocycles. The maximum atomic E-state index is 11.8.